The van der Waals surface area contributed by atoms with Crippen LogP contribution in [0.25, 0.3) is 11.3 Å². The molecule has 0 aliphatic carbocycles. The Kier molecular flexibility index (Phi) is 4.38. The quantitative estimate of drug-likeness (QED) is 0.791. The van der Waals surface area contributed by atoms with Crippen LogP contribution in [-0.4, -0.2) is 23.1 Å². The Hall–Kier alpha value is -1.61. The Morgan fingerprint density at radius 2 is 1.68 bits per heavy atom. The zero-order valence-electron chi connectivity index (χ0n) is 11.5. The Morgan fingerprint density at radius 3 is 2.26 bits per heavy atom. The first-order chi connectivity index (χ1) is 9.17. The van der Waals surface area contributed by atoms with Crippen molar-refractivity contribution in [3.05, 3.63) is 41.0 Å². The molecule has 0 amide bonds. The number of aromatic nitrogens is 2. The SMILES string of the molecule is CCN(CC)c1nc(Cl)c(C)c(-c2ccccc2)n1. The van der Waals surface area contributed by atoms with Crippen LogP contribution in [0.2, 0.25) is 5.15 Å². The van der Waals surface area contributed by atoms with Crippen molar-refractivity contribution in [2.75, 3.05) is 18.0 Å². The summed E-state index contributed by atoms with van der Waals surface area (Å²) in [7, 11) is 0. The second-order valence-electron chi connectivity index (χ2n) is 4.33. The van der Waals surface area contributed by atoms with Crippen LogP contribution in [0, 0.1) is 6.92 Å². The average molecular weight is 276 g/mol. The molecule has 0 aliphatic rings. The minimum atomic E-state index is 0.524. The van der Waals surface area contributed by atoms with Crippen LogP contribution in [0.15, 0.2) is 30.3 Å². The van der Waals surface area contributed by atoms with Crippen molar-refractivity contribution in [2.24, 2.45) is 0 Å². The van der Waals surface area contributed by atoms with E-state index >= 15 is 0 Å². The van der Waals surface area contributed by atoms with Crippen molar-refractivity contribution < 1.29 is 0 Å². The van der Waals surface area contributed by atoms with E-state index in [1.54, 1.807) is 0 Å². The molecular weight excluding hydrogens is 258 g/mol. The molecule has 1 aromatic heterocycles. The van der Waals surface area contributed by atoms with Gasteiger partial charge in [0.1, 0.15) is 5.15 Å². The molecule has 100 valence electrons. The molecule has 0 bridgehead atoms. The second-order valence-corrected chi connectivity index (χ2v) is 4.68. The Labute approximate surface area is 119 Å². The number of rotatable bonds is 4. The molecule has 0 saturated carbocycles. The van der Waals surface area contributed by atoms with Gasteiger partial charge in [-0.3, -0.25) is 0 Å². The maximum atomic E-state index is 6.25. The molecule has 4 heteroatoms. The summed E-state index contributed by atoms with van der Waals surface area (Å²) in [4.78, 5) is 11.2. The van der Waals surface area contributed by atoms with Gasteiger partial charge in [-0.2, -0.15) is 0 Å². The average Bonchev–Trinajstić information content (AvgIpc) is 2.44. The lowest BCUT2D eigenvalue weighted by molar-refractivity contribution is 0.820. The highest BCUT2D eigenvalue weighted by atomic mass is 35.5. The maximum absolute atomic E-state index is 6.25. The second kappa shape index (κ2) is 6.02. The molecule has 0 N–H and O–H groups in total. The molecule has 2 rings (SSSR count). The highest BCUT2D eigenvalue weighted by Gasteiger charge is 2.13. The van der Waals surface area contributed by atoms with E-state index in [1.807, 2.05) is 37.3 Å². The lowest BCUT2D eigenvalue weighted by Crippen LogP contribution is -2.24. The van der Waals surface area contributed by atoms with Gasteiger partial charge >= 0.3 is 0 Å². The summed E-state index contributed by atoms with van der Waals surface area (Å²) in [6.07, 6.45) is 0. The topological polar surface area (TPSA) is 29.0 Å². The van der Waals surface area contributed by atoms with Crippen molar-refractivity contribution in [1.29, 1.82) is 0 Å². The van der Waals surface area contributed by atoms with E-state index in [0.717, 1.165) is 29.9 Å². The van der Waals surface area contributed by atoms with Crippen molar-refractivity contribution >= 4 is 17.5 Å². The van der Waals surface area contributed by atoms with Gasteiger partial charge in [0.15, 0.2) is 0 Å². The minimum absolute atomic E-state index is 0.524. The van der Waals surface area contributed by atoms with Gasteiger partial charge in [-0.1, -0.05) is 41.9 Å². The zero-order valence-corrected chi connectivity index (χ0v) is 12.3. The predicted octanol–water partition coefficient (Wildman–Crippen LogP) is 3.95. The van der Waals surface area contributed by atoms with Crippen molar-refractivity contribution in [3.63, 3.8) is 0 Å². The van der Waals surface area contributed by atoms with Crippen LogP contribution in [0.3, 0.4) is 0 Å². The Morgan fingerprint density at radius 1 is 1.05 bits per heavy atom. The summed E-state index contributed by atoms with van der Waals surface area (Å²) in [6, 6.07) is 10.1. The third-order valence-corrected chi connectivity index (χ3v) is 3.54. The molecule has 3 nitrogen and oxygen atoms in total. The molecule has 1 aromatic carbocycles. The standard InChI is InChI=1S/C15H18ClN3/c1-4-19(5-2)15-17-13(11(3)14(16)18-15)12-9-7-6-8-10-12/h6-10H,4-5H2,1-3H3. The van der Waals surface area contributed by atoms with E-state index in [2.05, 4.69) is 28.7 Å². The highest BCUT2D eigenvalue weighted by molar-refractivity contribution is 6.30. The van der Waals surface area contributed by atoms with Crippen LogP contribution in [0.5, 0.6) is 0 Å². The fourth-order valence-corrected chi connectivity index (χ4v) is 2.17. The Bertz CT molecular complexity index is 551. The summed E-state index contributed by atoms with van der Waals surface area (Å²) in [5.74, 6) is 0.694. The van der Waals surface area contributed by atoms with Gasteiger partial charge in [-0.15, -0.1) is 0 Å². The van der Waals surface area contributed by atoms with E-state index in [-0.39, 0.29) is 0 Å². The van der Waals surface area contributed by atoms with E-state index in [4.69, 9.17) is 11.6 Å². The zero-order chi connectivity index (χ0) is 13.8. The van der Waals surface area contributed by atoms with Gasteiger partial charge in [0.25, 0.3) is 0 Å². The van der Waals surface area contributed by atoms with Crippen LogP contribution < -0.4 is 4.90 Å². The summed E-state index contributed by atoms with van der Waals surface area (Å²) < 4.78 is 0. The third-order valence-electron chi connectivity index (χ3n) is 3.17. The van der Waals surface area contributed by atoms with Gasteiger partial charge in [0.2, 0.25) is 5.95 Å². The van der Waals surface area contributed by atoms with Crippen LogP contribution in [-0.2, 0) is 0 Å². The largest absolute Gasteiger partial charge is 0.341 e. The van der Waals surface area contributed by atoms with Crippen LogP contribution in [0.4, 0.5) is 5.95 Å². The monoisotopic (exact) mass is 275 g/mol. The summed E-state index contributed by atoms with van der Waals surface area (Å²) >= 11 is 6.25. The molecule has 0 atom stereocenters. The molecule has 19 heavy (non-hydrogen) atoms. The third kappa shape index (κ3) is 2.87. The number of hydrogen-bond acceptors (Lipinski definition) is 3. The molecule has 0 saturated heterocycles. The van der Waals surface area contributed by atoms with E-state index in [1.165, 1.54) is 0 Å². The summed E-state index contributed by atoms with van der Waals surface area (Å²) in [5.41, 5.74) is 2.89. The number of hydrogen-bond donors (Lipinski definition) is 0. The molecule has 0 fully saturated rings. The Balaban J connectivity index is 2.55. The first-order valence-corrected chi connectivity index (χ1v) is 6.89. The number of benzene rings is 1. The number of nitrogens with zero attached hydrogens (tertiary/aromatic N) is 3. The van der Waals surface area contributed by atoms with Crippen LogP contribution >= 0.6 is 11.6 Å². The highest BCUT2D eigenvalue weighted by Crippen LogP contribution is 2.27. The fraction of sp³-hybridized carbons (Fsp3) is 0.333. The first-order valence-electron chi connectivity index (χ1n) is 6.51. The van der Waals surface area contributed by atoms with Gasteiger partial charge in [0.05, 0.1) is 5.69 Å². The normalized spacial score (nSPS) is 10.5. The molecule has 1 heterocycles. The van der Waals surface area contributed by atoms with Crippen LogP contribution in [0.1, 0.15) is 19.4 Å². The minimum Gasteiger partial charge on any atom is -0.341 e. The number of halogens is 1. The van der Waals surface area contributed by atoms with Gasteiger partial charge in [-0.25, -0.2) is 9.97 Å². The molecule has 0 spiro atoms. The van der Waals surface area contributed by atoms with Gasteiger partial charge in [-0.05, 0) is 20.8 Å². The van der Waals surface area contributed by atoms with Gasteiger partial charge in [0, 0.05) is 24.2 Å². The van der Waals surface area contributed by atoms with E-state index in [9.17, 15) is 0 Å². The molecule has 0 radical (unpaired) electrons. The molecular formula is C15H18ClN3. The van der Waals surface area contributed by atoms with E-state index in [0.29, 0.717) is 11.1 Å². The first kappa shape index (κ1) is 13.8. The molecule has 0 unspecified atom stereocenters. The summed E-state index contributed by atoms with van der Waals surface area (Å²) in [6.45, 7) is 7.86. The van der Waals surface area contributed by atoms with Gasteiger partial charge < -0.3 is 4.90 Å². The summed E-state index contributed by atoms with van der Waals surface area (Å²) in [5, 5.41) is 0.524. The van der Waals surface area contributed by atoms with Crippen molar-refractivity contribution in [2.45, 2.75) is 20.8 Å². The molecule has 0 aliphatic heterocycles. The van der Waals surface area contributed by atoms with E-state index < -0.39 is 0 Å². The smallest absolute Gasteiger partial charge is 0.227 e. The van der Waals surface area contributed by atoms with Crippen molar-refractivity contribution in [3.8, 4) is 11.3 Å². The predicted molar refractivity (Wildman–Crippen MR) is 80.8 cm³/mol. The number of anilines is 1. The maximum Gasteiger partial charge on any atom is 0.227 e. The lowest BCUT2D eigenvalue weighted by Gasteiger charge is -2.20. The lowest BCUT2D eigenvalue weighted by atomic mass is 10.1. The fourth-order valence-electron chi connectivity index (χ4n) is 2.00. The van der Waals surface area contributed by atoms with Crippen molar-refractivity contribution in [1.82, 2.24) is 9.97 Å². The molecule has 2 aromatic rings.